The second kappa shape index (κ2) is 24.4. The number of unbranched alkanes of at least 4 members (excludes halogenated alkanes) is 10. The molecule has 1 aromatic carbocycles. The summed E-state index contributed by atoms with van der Waals surface area (Å²) in [7, 11) is -4.84. The van der Waals surface area contributed by atoms with E-state index in [0.29, 0.717) is 24.3 Å². The molecule has 0 radical (unpaired) electrons. The normalized spacial score (nSPS) is 11.3. The molecule has 0 bridgehead atoms. The zero-order chi connectivity index (χ0) is 30.4. The minimum Gasteiger partial charge on any atom is -1.00 e. The number of aliphatic carboxylic acids is 2. The van der Waals surface area contributed by atoms with E-state index in [9.17, 15) is 27.6 Å². The van der Waals surface area contributed by atoms with Crippen molar-refractivity contribution in [2.75, 3.05) is 13.2 Å². The van der Waals surface area contributed by atoms with Crippen LogP contribution in [0.3, 0.4) is 0 Å². The fraction of sp³-hybridized carbons (Fsp3) is 0.643. The molecule has 1 aromatic rings. The van der Waals surface area contributed by atoms with Crippen molar-refractivity contribution in [3.63, 3.8) is 0 Å². The molecule has 0 aliphatic rings. The van der Waals surface area contributed by atoms with E-state index in [-0.39, 0.29) is 25.9 Å². The van der Waals surface area contributed by atoms with Gasteiger partial charge in [0.2, 0.25) is 0 Å². The van der Waals surface area contributed by atoms with Gasteiger partial charge in [-0.1, -0.05) is 90.2 Å². The Balaban J connectivity index is -0.000000433. The third kappa shape index (κ3) is 20.3. The monoisotopic (exact) mass is 614 g/mol. The molecule has 0 aromatic heterocycles. The maximum atomic E-state index is 12.4. The standard InChI is InChI=1S/C24H38O4.C4H6O7S.Mg.2H/c1-3-5-7-9-11-15-19-27-23(25)21-17-13-14-18-22(21)24(26)28-20-16-12-10-8-6-4-2;5-3(6)1-2(4(7)8)12(9,10)11;;;/h13-14,17-18H,3-12,15-16,19-20H2,1-2H3;2H,1H2,(H,5,6)(H,7,8)(H,9,10,11);;;/q;;+2;2*-1. The van der Waals surface area contributed by atoms with Crippen molar-refractivity contribution < 1.29 is 54.7 Å². The van der Waals surface area contributed by atoms with Crippen molar-refractivity contribution in [2.45, 2.75) is 103 Å². The predicted octanol–water partition coefficient (Wildman–Crippen LogP) is 5.37. The molecule has 1 atom stereocenters. The van der Waals surface area contributed by atoms with Gasteiger partial charge in [0.05, 0.1) is 30.8 Å². The Bertz CT molecular complexity index is 975. The van der Waals surface area contributed by atoms with E-state index in [0.717, 1.165) is 25.7 Å². The molecule has 1 unspecified atom stereocenters. The van der Waals surface area contributed by atoms with E-state index in [2.05, 4.69) is 13.8 Å². The predicted molar refractivity (Wildman–Crippen MR) is 157 cm³/mol. The van der Waals surface area contributed by atoms with Gasteiger partial charge in [-0.3, -0.25) is 14.1 Å². The third-order valence-corrected chi connectivity index (χ3v) is 6.91. The van der Waals surface area contributed by atoms with Crippen LogP contribution in [0.25, 0.3) is 0 Å². The summed E-state index contributed by atoms with van der Waals surface area (Å²) in [6.07, 6.45) is 12.5. The SMILES string of the molecule is CCCCCCCCOC(=O)c1ccccc1C(=O)OCCCCCCCC.O=C(O)CC(C(=O)O)S(=O)(=O)O.[H-].[H-].[Mg+2]. The Morgan fingerprint density at radius 1 is 0.732 bits per heavy atom. The zero-order valence-electron chi connectivity index (χ0n) is 26.2. The Morgan fingerprint density at radius 3 is 1.39 bits per heavy atom. The molecular weight excluding hydrogens is 569 g/mol. The van der Waals surface area contributed by atoms with Gasteiger partial charge in [0, 0.05) is 0 Å². The molecule has 0 amide bonds. The van der Waals surface area contributed by atoms with Crippen molar-refractivity contribution in [1.82, 2.24) is 0 Å². The third-order valence-electron chi connectivity index (χ3n) is 5.82. The van der Waals surface area contributed by atoms with Crippen LogP contribution < -0.4 is 0 Å². The fourth-order valence-electron chi connectivity index (χ4n) is 3.57. The molecule has 0 saturated heterocycles. The van der Waals surface area contributed by atoms with Gasteiger partial charge in [-0.25, -0.2) is 9.59 Å². The average Bonchev–Trinajstić information content (AvgIpc) is 2.90. The second-order valence-electron chi connectivity index (χ2n) is 9.29. The summed E-state index contributed by atoms with van der Waals surface area (Å²) in [6, 6.07) is 6.74. The van der Waals surface area contributed by atoms with Crippen LogP contribution in [-0.2, 0) is 29.2 Å². The van der Waals surface area contributed by atoms with Gasteiger partial charge in [-0.15, -0.1) is 0 Å². The molecule has 1 rings (SSSR count). The first-order valence-electron chi connectivity index (χ1n) is 13.8. The summed E-state index contributed by atoms with van der Waals surface area (Å²) >= 11 is 0. The van der Waals surface area contributed by atoms with Crippen LogP contribution >= 0.6 is 0 Å². The first-order valence-corrected chi connectivity index (χ1v) is 15.3. The number of esters is 2. The number of carbonyl (C=O) groups excluding carboxylic acids is 2. The summed E-state index contributed by atoms with van der Waals surface area (Å²) in [6.45, 7) is 5.17. The van der Waals surface area contributed by atoms with E-state index in [1.54, 1.807) is 24.3 Å². The topological polar surface area (TPSA) is 182 Å². The van der Waals surface area contributed by atoms with Crippen molar-refractivity contribution in [3.05, 3.63) is 35.4 Å². The summed E-state index contributed by atoms with van der Waals surface area (Å²) in [5, 5.41) is 13.9. The van der Waals surface area contributed by atoms with E-state index in [4.69, 9.17) is 24.2 Å². The number of carboxylic acid groups (broad SMARTS) is 2. The van der Waals surface area contributed by atoms with Crippen LogP contribution in [0.4, 0.5) is 0 Å². The van der Waals surface area contributed by atoms with Crippen LogP contribution in [-0.4, -0.2) is 88.6 Å². The quantitative estimate of drug-likeness (QED) is 0.0743. The average molecular weight is 615 g/mol. The van der Waals surface area contributed by atoms with E-state index < -0.39 is 45.7 Å². The van der Waals surface area contributed by atoms with Gasteiger partial charge in [0.15, 0.2) is 5.25 Å². The number of hydrogen-bond donors (Lipinski definition) is 3. The van der Waals surface area contributed by atoms with Crippen LogP contribution in [0.2, 0.25) is 0 Å². The molecule has 0 aliphatic heterocycles. The minimum absolute atomic E-state index is 0. The van der Waals surface area contributed by atoms with Gasteiger partial charge in [0.1, 0.15) is 0 Å². The van der Waals surface area contributed by atoms with Gasteiger partial charge in [0.25, 0.3) is 10.1 Å². The fourth-order valence-corrected chi connectivity index (χ4v) is 4.18. The molecule has 3 N–H and O–H groups in total. The Morgan fingerprint density at radius 2 is 1.10 bits per heavy atom. The van der Waals surface area contributed by atoms with Crippen molar-refractivity contribution in [1.29, 1.82) is 0 Å². The number of carbonyl (C=O) groups is 4. The summed E-state index contributed by atoms with van der Waals surface area (Å²) in [5.74, 6) is -4.39. The number of carboxylic acids is 2. The summed E-state index contributed by atoms with van der Waals surface area (Å²) in [4.78, 5) is 44.7. The van der Waals surface area contributed by atoms with Crippen LogP contribution in [0, 0.1) is 0 Å². The van der Waals surface area contributed by atoms with Crippen molar-refractivity contribution in [2.24, 2.45) is 0 Å². The number of benzene rings is 1. The molecule has 41 heavy (non-hydrogen) atoms. The van der Waals surface area contributed by atoms with Crippen LogP contribution in [0.1, 0.15) is 121 Å². The minimum atomic E-state index is -4.84. The van der Waals surface area contributed by atoms with Crippen LogP contribution in [0.15, 0.2) is 24.3 Å². The van der Waals surface area contributed by atoms with E-state index in [1.165, 1.54) is 51.4 Å². The number of hydrogen-bond acceptors (Lipinski definition) is 8. The molecule has 0 saturated carbocycles. The molecular formula is C28H46MgO11S. The van der Waals surface area contributed by atoms with Gasteiger partial charge >= 0.3 is 46.9 Å². The number of ether oxygens (including phenoxy) is 2. The Kier molecular flexibility index (Phi) is 24.3. The smallest absolute Gasteiger partial charge is 1.00 e. The Hall–Kier alpha value is -2.22. The molecule has 0 spiro atoms. The molecule has 11 nitrogen and oxygen atoms in total. The molecule has 0 heterocycles. The maximum absolute atomic E-state index is 12.4. The van der Waals surface area contributed by atoms with Gasteiger partial charge in [-0.2, -0.15) is 8.42 Å². The largest absolute Gasteiger partial charge is 2.00 e. The van der Waals surface area contributed by atoms with Gasteiger partial charge < -0.3 is 22.5 Å². The Labute approximate surface area is 262 Å². The van der Waals surface area contributed by atoms with Crippen molar-refractivity contribution in [3.8, 4) is 0 Å². The summed E-state index contributed by atoms with van der Waals surface area (Å²) in [5.41, 5.74) is 0.586. The van der Waals surface area contributed by atoms with E-state index >= 15 is 0 Å². The molecule has 0 fully saturated rings. The zero-order valence-corrected chi connectivity index (χ0v) is 26.4. The van der Waals surface area contributed by atoms with E-state index in [1.807, 2.05) is 0 Å². The summed E-state index contributed by atoms with van der Waals surface area (Å²) < 4.78 is 39.4. The van der Waals surface area contributed by atoms with Crippen molar-refractivity contribution >= 4 is 57.0 Å². The molecule has 0 aliphatic carbocycles. The van der Waals surface area contributed by atoms with Crippen LogP contribution in [0.5, 0.6) is 0 Å². The maximum Gasteiger partial charge on any atom is 2.00 e. The molecule has 13 heteroatoms. The second-order valence-corrected chi connectivity index (χ2v) is 10.9. The first-order chi connectivity index (χ1) is 18.9. The van der Waals surface area contributed by atoms with Gasteiger partial charge in [-0.05, 0) is 25.0 Å². The first kappa shape index (κ1) is 40.9. The molecule has 232 valence electrons. The number of rotatable bonds is 20.